The number of nitrogen functional groups attached to an aromatic ring is 1. The first-order chi connectivity index (χ1) is 22.2. The highest BCUT2D eigenvalue weighted by Crippen LogP contribution is 2.47. The summed E-state index contributed by atoms with van der Waals surface area (Å²) in [7, 11) is 0. The molecule has 4 fully saturated rings. The maximum atomic E-state index is 16.9. The van der Waals surface area contributed by atoms with Gasteiger partial charge in [-0.15, -0.1) is 11.3 Å². The van der Waals surface area contributed by atoms with E-state index >= 15 is 4.39 Å². The lowest BCUT2D eigenvalue weighted by atomic mass is 9.94. The van der Waals surface area contributed by atoms with Gasteiger partial charge in [0.25, 0.3) is 0 Å². The van der Waals surface area contributed by atoms with E-state index < -0.39 is 17.7 Å². The van der Waals surface area contributed by atoms with Gasteiger partial charge in [0, 0.05) is 41.9 Å². The van der Waals surface area contributed by atoms with Crippen LogP contribution in [0.2, 0.25) is 5.02 Å². The Morgan fingerprint density at radius 1 is 1.26 bits per heavy atom. The molecule has 4 aliphatic rings. The van der Waals surface area contributed by atoms with Crippen molar-refractivity contribution in [2.24, 2.45) is 11.8 Å². The zero-order chi connectivity index (χ0) is 31.9. The average Bonchev–Trinajstić information content (AvgIpc) is 3.76. The van der Waals surface area contributed by atoms with E-state index in [1.807, 2.05) is 11.0 Å². The van der Waals surface area contributed by atoms with Crippen LogP contribution in [0.1, 0.15) is 37.7 Å². The number of rotatable bonds is 5. The quantitative estimate of drug-likeness (QED) is 0.246. The fraction of sp³-hybridized carbons (Fsp3) is 0.424. The van der Waals surface area contributed by atoms with Crippen molar-refractivity contribution in [3.8, 4) is 23.2 Å². The molecule has 2 aromatic heterocycles. The van der Waals surface area contributed by atoms with E-state index in [2.05, 4.69) is 9.88 Å². The van der Waals surface area contributed by atoms with Gasteiger partial charge in [0.1, 0.15) is 34.8 Å². The number of hydrogen-bond acceptors (Lipinski definition) is 9. The second kappa shape index (κ2) is 11.0. The SMILES string of the molecule is N#Cc1c(N)sc2c(F)ccc(-c3c(Cl)cc4c(N5C[C@H]6C[C@@H](C5)[C@H](O)C6)nc(OCC56CCCN5C/C(=C\F)C6)nc4c3F)c12. The number of benzene rings is 2. The molecule has 2 bridgehead atoms. The summed E-state index contributed by atoms with van der Waals surface area (Å²) < 4.78 is 51.7. The van der Waals surface area contributed by atoms with E-state index in [9.17, 15) is 19.1 Å². The minimum atomic E-state index is -0.762. The summed E-state index contributed by atoms with van der Waals surface area (Å²) in [6, 6.07) is 6.21. The largest absolute Gasteiger partial charge is 0.461 e. The van der Waals surface area contributed by atoms with E-state index in [1.165, 1.54) is 12.1 Å². The van der Waals surface area contributed by atoms with Crippen molar-refractivity contribution in [1.29, 1.82) is 5.26 Å². The van der Waals surface area contributed by atoms with Gasteiger partial charge in [0.05, 0.1) is 33.3 Å². The van der Waals surface area contributed by atoms with Gasteiger partial charge >= 0.3 is 6.01 Å². The molecule has 8 nitrogen and oxygen atoms in total. The highest BCUT2D eigenvalue weighted by Gasteiger charge is 2.47. The Labute approximate surface area is 271 Å². The van der Waals surface area contributed by atoms with Crippen molar-refractivity contribution in [2.45, 2.75) is 43.7 Å². The standard InChI is InChI=1S/C33H30ClF3N6O2S/c34-22-8-20-28(27(37)26(22)19-2-3-23(36)29-25(19)21(11-38)30(39)46-29)40-32(41-31(20)42-12-16-6-18(14-42)24(44)7-16)45-15-33-4-1-5-43(33)13-17(9-33)10-35/h2-3,8,10,16,18,24,44H,1,4-7,9,12-15,39H2/b17-10-/t16-,18-,24+,33?/m0/s1. The Hall–Kier alpha value is -3.63. The third kappa shape index (κ3) is 4.54. The number of aliphatic hydroxyl groups excluding tert-OH is 1. The number of aromatic nitrogens is 2. The van der Waals surface area contributed by atoms with E-state index in [-0.39, 0.29) is 72.3 Å². The lowest BCUT2D eigenvalue weighted by Gasteiger charge is -2.34. The lowest BCUT2D eigenvalue weighted by Crippen LogP contribution is -2.43. The van der Waals surface area contributed by atoms with Crippen molar-refractivity contribution in [3.05, 3.63) is 52.3 Å². The summed E-state index contributed by atoms with van der Waals surface area (Å²) >= 11 is 7.75. The molecule has 1 unspecified atom stereocenters. The number of nitrogens with zero attached hydrogens (tertiary/aromatic N) is 5. The number of nitriles is 1. The maximum absolute atomic E-state index is 16.9. The smallest absolute Gasteiger partial charge is 0.319 e. The van der Waals surface area contributed by atoms with Gasteiger partial charge in [-0.1, -0.05) is 17.7 Å². The topological polar surface area (TPSA) is 112 Å². The van der Waals surface area contributed by atoms with Gasteiger partial charge < -0.3 is 20.5 Å². The van der Waals surface area contributed by atoms with Crippen LogP contribution in [0.3, 0.4) is 0 Å². The molecular formula is C33H30ClF3N6O2S. The number of nitrogens with two attached hydrogens (primary N) is 1. The first-order valence-electron chi connectivity index (χ1n) is 15.4. The van der Waals surface area contributed by atoms with Crippen LogP contribution in [0.4, 0.5) is 24.0 Å². The molecule has 3 saturated heterocycles. The predicted octanol–water partition coefficient (Wildman–Crippen LogP) is 6.57. The number of aliphatic hydroxyl groups is 1. The van der Waals surface area contributed by atoms with Crippen molar-refractivity contribution in [1.82, 2.24) is 14.9 Å². The van der Waals surface area contributed by atoms with Crippen LogP contribution < -0.4 is 15.4 Å². The van der Waals surface area contributed by atoms with Crippen LogP contribution in [-0.2, 0) is 0 Å². The summed E-state index contributed by atoms with van der Waals surface area (Å²) in [5, 5.41) is 21.2. The summed E-state index contributed by atoms with van der Waals surface area (Å²) in [4.78, 5) is 13.6. The summed E-state index contributed by atoms with van der Waals surface area (Å²) in [6.45, 7) is 2.75. The molecule has 238 valence electrons. The number of anilines is 2. The molecule has 0 spiro atoms. The van der Waals surface area contributed by atoms with Crippen molar-refractivity contribution in [3.63, 3.8) is 0 Å². The summed E-state index contributed by atoms with van der Waals surface area (Å²) in [5.74, 6) is -0.561. The number of halogens is 4. The minimum Gasteiger partial charge on any atom is -0.461 e. The van der Waals surface area contributed by atoms with Gasteiger partial charge in [0.15, 0.2) is 5.82 Å². The van der Waals surface area contributed by atoms with Crippen molar-refractivity contribution < 1.29 is 23.0 Å². The van der Waals surface area contributed by atoms with Gasteiger partial charge in [-0.25, -0.2) is 13.2 Å². The fourth-order valence-corrected chi connectivity index (χ4v) is 9.52. The third-order valence-electron chi connectivity index (χ3n) is 10.3. The molecule has 1 aliphatic carbocycles. The molecule has 2 aromatic carbocycles. The van der Waals surface area contributed by atoms with Crippen LogP contribution in [-0.4, -0.2) is 64.4 Å². The molecule has 1 saturated carbocycles. The van der Waals surface area contributed by atoms with Gasteiger partial charge in [-0.05, 0) is 67.8 Å². The van der Waals surface area contributed by atoms with Crippen LogP contribution in [0.25, 0.3) is 32.1 Å². The number of hydrogen-bond donors (Lipinski definition) is 2. The van der Waals surface area contributed by atoms with E-state index in [1.54, 1.807) is 6.07 Å². The minimum absolute atomic E-state index is 0.0196. The predicted molar refractivity (Wildman–Crippen MR) is 172 cm³/mol. The highest BCUT2D eigenvalue weighted by molar-refractivity contribution is 7.23. The fourth-order valence-electron chi connectivity index (χ4n) is 8.28. The maximum Gasteiger partial charge on any atom is 0.319 e. The van der Waals surface area contributed by atoms with E-state index in [0.717, 1.165) is 37.1 Å². The van der Waals surface area contributed by atoms with Crippen LogP contribution >= 0.6 is 22.9 Å². The van der Waals surface area contributed by atoms with E-state index in [4.69, 9.17) is 27.1 Å². The number of piperidine rings is 1. The Morgan fingerprint density at radius 3 is 2.89 bits per heavy atom. The van der Waals surface area contributed by atoms with Crippen molar-refractivity contribution >= 4 is 54.7 Å². The van der Waals surface area contributed by atoms with Crippen LogP contribution in [0, 0.1) is 34.8 Å². The molecule has 0 amide bonds. The number of fused-ring (bicyclic) bond motifs is 5. The highest BCUT2D eigenvalue weighted by atomic mass is 35.5. The third-order valence-corrected chi connectivity index (χ3v) is 11.7. The molecule has 8 rings (SSSR count). The zero-order valence-electron chi connectivity index (χ0n) is 24.7. The average molecular weight is 667 g/mol. The van der Waals surface area contributed by atoms with E-state index in [0.29, 0.717) is 55.6 Å². The normalized spacial score (nSPS) is 26.8. The monoisotopic (exact) mass is 666 g/mol. The molecule has 3 aliphatic heterocycles. The Bertz CT molecular complexity index is 2000. The second-order valence-electron chi connectivity index (χ2n) is 13.1. The Kier molecular flexibility index (Phi) is 7.10. The second-order valence-corrected chi connectivity index (χ2v) is 14.5. The van der Waals surface area contributed by atoms with Crippen LogP contribution in [0.15, 0.2) is 30.1 Å². The lowest BCUT2D eigenvalue weighted by molar-refractivity contribution is 0.108. The molecule has 46 heavy (non-hydrogen) atoms. The summed E-state index contributed by atoms with van der Waals surface area (Å²) in [5.41, 5.74) is 6.60. The molecule has 4 atom stereocenters. The molecule has 0 radical (unpaired) electrons. The molecule has 13 heteroatoms. The number of thiophene rings is 1. The molecule has 4 aromatic rings. The van der Waals surface area contributed by atoms with Gasteiger partial charge in [-0.3, -0.25) is 4.90 Å². The summed E-state index contributed by atoms with van der Waals surface area (Å²) in [6.07, 6.45) is 4.21. The Balaban J connectivity index is 1.28. The molecule has 3 N–H and O–H groups in total. The Morgan fingerprint density at radius 2 is 2.11 bits per heavy atom. The van der Waals surface area contributed by atoms with Crippen LogP contribution in [0.5, 0.6) is 6.01 Å². The number of ether oxygens (including phenoxy) is 1. The zero-order valence-corrected chi connectivity index (χ0v) is 26.3. The molecule has 5 heterocycles. The van der Waals surface area contributed by atoms with Crippen molar-refractivity contribution in [2.75, 3.05) is 43.4 Å². The first kappa shape index (κ1) is 29.8. The van der Waals surface area contributed by atoms with Gasteiger partial charge in [0.2, 0.25) is 0 Å². The first-order valence-corrected chi connectivity index (χ1v) is 16.6. The van der Waals surface area contributed by atoms with Gasteiger partial charge in [-0.2, -0.15) is 15.2 Å². The molecular weight excluding hydrogens is 637 g/mol.